The minimum absolute atomic E-state index is 0.299. The Labute approximate surface area is 173 Å². The molecule has 0 bridgehead atoms. The topological polar surface area (TPSA) is 30.5 Å². The van der Waals surface area contributed by atoms with Crippen LogP contribution < -0.4 is 14.8 Å². The zero-order valence-corrected chi connectivity index (χ0v) is 17.7. The van der Waals surface area contributed by atoms with Crippen LogP contribution in [0.4, 0.5) is 0 Å². The molecule has 0 aliphatic heterocycles. The van der Waals surface area contributed by atoms with Gasteiger partial charge in [0.1, 0.15) is 6.61 Å². The quantitative estimate of drug-likeness (QED) is 0.398. The van der Waals surface area contributed by atoms with Gasteiger partial charge in [-0.05, 0) is 49.7 Å². The smallest absolute Gasteiger partial charge is 0.161 e. The van der Waals surface area contributed by atoms with Gasteiger partial charge in [-0.1, -0.05) is 61.5 Å². The molecule has 3 nitrogen and oxygen atoms in total. The molecule has 27 heavy (non-hydrogen) atoms. The number of ether oxygens (including phenoxy) is 2. The van der Waals surface area contributed by atoms with Gasteiger partial charge in [0.15, 0.2) is 11.5 Å². The highest BCUT2D eigenvalue weighted by Gasteiger charge is 2.10. The molecule has 0 atom stereocenters. The van der Waals surface area contributed by atoms with Crippen LogP contribution in [0.5, 0.6) is 11.5 Å². The third kappa shape index (κ3) is 7.25. The summed E-state index contributed by atoms with van der Waals surface area (Å²) in [4.78, 5) is 0. The Morgan fingerprint density at radius 1 is 0.889 bits per heavy atom. The number of unbranched alkanes of at least 4 members (excludes halogenated alkanes) is 3. The van der Waals surface area contributed by atoms with Crippen molar-refractivity contribution in [3.05, 3.63) is 57.6 Å². The minimum Gasteiger partial charge on any atom is -0.490 e. The predicted octanol–water partition coefficient (Wildman–Crippen LogP) is 6.64. The number of halogens is 2. The van der Waals surface area contributed by atoms with Crippen LogP contribution >= 0.6 is 23.2 Å². The summed E-state index contributed by atoms with van der Waals surface area (Å²) in [6.45, 7) is 6.93. The van der Waals surface area contributed by atoms with E-state index in [1.165, 1.54) is 31.2 Å². The summed E-state index contributed by atoms with van der Waals surface area (Å²) in [6, 6.07) is 11.5. The highest BCUT2D eigenvalue weighted by molar-refractivity contribution is 6.35. The van der Waals surface area contributed by atoms with Gasteiger partial charge in [0.05, 0.1) is 6.61 Å². The van der Waals surface area contributed by atoms with Crippen LogP contribution in [-0.2, 0) is 13.2 Å². The molecule has 0 aromatic heterocycles. The summed E-state index contributed by atoms with van der Waals surface area (Å²) in [5, 5.41) is 4.69. The average molecular weight is 410 g/mol. The fourth-order valence-electron chi connectivity index (χ4n) is 2.78. The zero-order valence-electron chi connectivity index (χ0n) is 16.2. The number of hydrogen-bond donors (Lipinski definition) is 1. The van der Waals surface area contributed by atoms with Gasteiger partial charge in [0, 0.05) is 22.2 Å². The van der Waals surface area contributed by atoms with Gasteiger partial charge in [-0.3, -0.25) is 0 Å². The van der Waals surface area contributed by atoms with Crippen LogP contribution in [0.2, 0.25) is 10.0 Å². The minimum atomic E-state index is 0.299. The summed E-state index contributed by atoms with van der Waals surface area (Å²) < 4.78 is 11.7. The Bertz CT molecular complexity index is 686. The normalized spacial score (nSPS) is 10.8. The first-order valence-electron chi connectivity index (χ1n) is 9.67. The zero-order chi connectivity index (χ0) is 19.5. The van der Waals surface area contributed by atoms with Crippen molar-refractivity contribution in [1.29, 1.82) is 0 Å². The maximum atomic E-state index is 6.22. The predicted molar refractivity (Wildman–Crippen MR) is 114 cm³/mol. The second kappa shape index (κ2) is 12.1. The molecule has 0 saturated carbocycles. The highest BCUT2D eigenvalue weighted by atomic mass is 35.5. The summed E-state index contributed by atoms with van der Waals surface area (Å²) in [7, 11) is 0. The van der Waals surface area contributed by atoms with E-state index in [0.29, 0.717) is 29.0 Å². The molecule has 0 radical (unpaired) electrons. The molecule has 0 unspecified atom stereocenters. The van der Waals surface area contributed by atoms with Crippen LogP contribution in [0.3, 0.4) is 0 Å². The van der Waals surface area contributed by atoms with Gasteiger partial charge in [-0.25, -0.2) is 0 Å². The molecule has 2 rings (SSSR count). The summed E-state index contributed by atoms with van der Waals surface area (Å²) in [6.07, 6.45) is 5.06. The lowest BCUT2D eigenvalue weighted by atomic mass is 10.2. The van der Waals surface area contributed by atoms with E-state index in [2.05, 4.69) is 18.3 Å². The molecule has 1 N–H and O–H groups in total. The molecule has 0 spiro atoms. The molecule has 0 saturated heterocycles. The summed E-state index contributed by atoms with van der Waals surface area (Å²) in [5.41, 5.74) is 1.96. The second-order valence-corrected chi connectivity index (χ2v) is 7.25. The Morgan fingerprint density at radius 2 is 1.67 bits per heavy atom. The van der Waals surface area contributed by atoms with Gasteiger partial charge in [0.2, 0.25) is 0 Å². The average Bonchev–Trinajstić information content (AvgIpc) is 2.66. The van der Waals surface area contributed by atoms with Crippen molar-refractivity contribution in [1.82, 2.24) is 5.32 Å². The Balaban J connectivity index is 1.96. The van der Waals surface area contributed by atoms with Crippen molar-refractivity contribution < 1.29 is 9.47 Å². The van der Waals surface area contributed by atoms with Crippen molar-refractivity contribution in [3.8, 4) is 11.5 Å². The molecule has 2 aromatic rings. The highest BCUT2D eigenvalue weighted by Crippen LogP contribution is 2.31. The van der Waals surface area contributed by atoms with E-state index in [1.54, 1.807) is 0 Å². The first-order valence-corrected chi connectivity index (χ1v) is 10.4. The summed E-state index contributed by atoms with van der Waals surface area (Å²) >= 11 is 12.4. The Hall–Kier alpha value is -1.42. The van der Waals surface area contributed by atoms with E-state index >= 15 is 0 Å². The molecular formula is C22H29Cl2NO2. The van der Waals surface area contributed by atoms with E-state index in [9.17, 15) is 0 Å². The fourth-order valence-corrected chi connectivity index (χ4v) is 3.29. The van der Waals surface area contributed by atoms with E-state index in [-0.39, 0.29) is 0 Å². The maximum Gasteiger partial charge on any atom is 0.161 e. The second-order valence-electron chi connectivity index (χ2n) is 6.44. The van der Waals surface area contributed by atoms with Crippen molar-refractivity contribution >= 4 is 23.2 Å². The SMILES string of the molecule is CCCCCCNCc1ccc(OCc2c(Cl)cccc2Cl)c(OCC)c1. The number of rotatable bonds is 12. The lowest BCUT2D eigenvalue weighted by molar-refractivity contribution is 0.269. The van der Waals surface area contributed by atoms with Crippen LogP contribution in [0.25, 0.3) is 0 Å². The van der Waals surface area contributed by atoms with Gasteiger partial charge in [-0.2, -0.15) is 0 Å². The third-order valence-electron chi connectivity index (χ3n) is 4.28. The van der Waals surface area contributed by atoms with Crippen LogP contribution in [0.15, 0.2) is 36.4 Å². The number of hydrogen-bond acceptors (Lipinski definition) is 3. The van der Waals surface area contributed by atoms with Gasteiger partial charge < -0.3 is 14.8 Å². The molecule has 0 amide bonds. The van der Waals surface area contributed by atoms with Gasteiger partial charge in [-0.15, -0.1) is 0 Å². The monoisotopic (exact) mass is 409 g/mol. The lowest BCUT2D eigenvalue weighted by Gasteiger charge is -2.15. The van der Waals surface area contributed by atoms with Crippen LogP contribution in [0.1, 0.15) is 50.7 Å². The van der Waals surface area contributed by atoms with E-state index < -0.39 is 0 Å². The molecule has 2 aromatic carbocycles. The molecule has 148 valence electrons. The largest absolute Gasteiger partial charge is 0.490 e. The van der Waals surface area contributed by atoms with Crippen molar-refractivity contribution in [2.45, 2.75) is 52.7 Å². The van der Waals surface area contributed by atoms with Crippen LogP contribution in [-0.4, -0.2) is 13.2 Å². The first kappa shape index (κ1) is 21.9. The Morgan fingerprint density at radius 3 is 2.37 bits per heavy atom. The van der Waals surface area contributed by atoms with Gasteiger partial charge in [0.25, 0.3) is 0 Å². The van der Waals surface area contributed by atoms with Crippen molar-refractivity contribution in [2.24, 2.45) is 0 Å². The maximum absolute atomic E-state index is 6.22. The fraction of sp³-hybridized carbons (Fsp3) is 0.455. The van der Waals surface area contributed by atoms with Crippen molar-refractivity contribution in [3.63, 3.8) is 0 Å². The molecule has 0 aliphatic carbocycles. The molecule has 0 fully saturated rings. The Kier molecular flexibility index (Phi) is 9.82. The van der Waals surface area contributed by atoms with E-state index in [4.69, 9.17) is 32.7 Å². The van der Waals surface area contributed by atoms with E-state index in [1.807, 2.05) is 37.3 Å². The number of benzene rings is 2. The number of nitrogens with one attached hydrogen (secondary N) is 1. The molecule has 0 heterocycles. The van der Waals surface area contributed by atoms with Crippen LogP contribution in [0, 0.1) is 0 Å². The lowest BCUT2D eigenvalue weighted by Crippen LogP contribution is -2.14. The first-order chi connectivity index (χ1) is 13.2. The van der Waals surface area contributed by atoms with Gasteiger partial charge >= 0.3 is 0 Å². The summed E-state index contributed by atoms with van der Waals surface area (Å²) in [5.74, 6) is 1.44. The molecule has 5 heteroatoms. The van der Waals surface area contributed by atoms with E-state index in [0.717, 1.165) is 24.4 Å². The third-order valence-corrected chi connectivity index (χ3v) is 4.99. The molecular weight excluding hydrogens is 381 g/mol. The standard InChI is InChI=1S/C22H29Cl2NO2/c1-3-5-6-7-13-25-15-17-11-12-21(22(14-17)26-4-2)27-16-18-19(23)9-8-10-20(18)24/h8-12,14,25H,3-7,13,15-16H2,1-2H3. The molecule has 0 aliphatic rings. The van der Waals surface area contributed by atoms with Crippen molar-refractivity contribution in [2.75, 3.05) is 13.2 Å².